The summed E-state index contributed by atoms with van der Waals surface area (Å²) in [5.41, 5.74) is 8.94. The average molecular weight is 351 g/mol. The maximum Gasteiger partial charge on any atom is 0.255 e. The molecule has 1 atom stereocenters. The minimum Gasteiger partial charge on any atom is -0.379 e. The number of rotatable bonds is 4. The number of hydrogen-bond donors (Lipinski definition) is 2. The van der Waals surface area contributed by atoms with Crippen LogP contribution in [0.25, 0.3) is 0 Å². The first-order valence-electron chi connectivity index (χ1n) is 8.13. The van der Waals surface area contributed by atoms with Crippen LogP contribution in [0.5, 0.6) is 0 Å². The average Bonchev–Trinajstić information content (AvgIpc) is 2.63. The minimum absolute atomic E-state index is 0.134. The Bertz CT molecular complexity index is 812. The van der Waals surface area contributed by atoms with Gasteiger partial charge in [0.2, 0.25) is 0 Å². The third kappa shape index (κ3) is 3.77. The molecule has 25 heavy (non-hydrogen) atoms. The van der Waals surface area contributed by atoms with E-state index in [1.807, 2.05) is 61.5 Å². The molecule has 4 nitrogen and oxygen atoms in total. The Hall–Kier alpha value is -2.53. The Morgan fingerprint density at radius 3 is 2.52 bits per heavy atom. The molecule has 0 bridgehead atoms. The SMILES string of the molecule is C=CC1(c2ccc(C(=O)Nc3ccc(C)cc3)cc2)CCSC(N)=N1. The first-order valence-corrected chi connectivity index (χ1v) is 9.11. The molecule has 0 spiro atoms. The molecule has 0 aliphatic carbocycles. The van der Waals surface area contributed by atoms with Gasteiger partial charge in [-0.05, 0) is 43.2 Å². The largest absolute Gasteiger partial charge is 0.379 e. The number of carbonyl (C=O) groups is 1. The lowest BCUT2D eigenvalue weighted by Gasteiger charge is -2.30. The smallest absolute Gasteiger partial charge is 0.255 e. The van der Waals surface area contributed by atoms with E-state index in [9.17, 15) is 4.79 Å². The molecule has 5 heteroatoms. The fourth-order valence-corrected chi connectivity index (χ4v) is 3.67. The molecule has 0 fully saturated rings. The van der Waals surface area contributed by atoms with E-state index in [4.69, 9.17) is 5.73 Å². The molecular formula is C20H21N3OS. The van der Waals surface area contributed by atoms with Crippen LogP contribution in [-0.4, -0.2) is 16.8 Å². The van der Waals surface area contributed by atoms with Crippen LogP contribution in [0.3, 0.4) is 0 Å². The minimum atomic E-state index is -0.499. The molecule has 1 amide bonds. The Balaban J connectivity index is 1.79. The summed E-state index contributed by atoms with van der Waals surface area (Å²) < 4.78 is 0. The Morgan fingerprint density at radius 2 is 1.92 bits per heavy atom. The van der Waals surface area contributed by atoms with Gasteiger partial charge in [0, 0.05) is 17.0 Å². The van der Waals surface area contributed by atoms with Crippen molar-refractivity contribution in [2.45, 2.75) is 18.9 Å². The molecule has 1 aliphatic rings. The summed E-state index contributed by atoms with van der Waals surface area (Å²) in [6.07, 6.45) is 2.68. The number of benzene rings is 2. The van der Waals surface area contributed by atoms with Crippen molar-refractivity contribution in [3.05, 3.63) is 77.9 Å². The van der Waals surface area contributed by atoms with Gasteiger partial charge in [0.05, 0.1) is 0 Å². The highest BCUT2D eigenvalue weighted by Crippen LogP contribution is 2.36. The molecule has 3 N–H and O–H groups in total. The Labute approximate surface area is 152 Å². The molecule has 2 aromatic carbocycles. The maximum atomic E-state index is 12.4. The number of aliphatic imine (C=N–C) groups is 1. The summed E-state index contributed by atoms with van der Waals surface area (Å²) in [6.45, 7) is 5.95. The number of aryl methyl sites for hydroxylation is 1. The molecule has 3 rings (SSSR count). The monoisotopic (exact) mass is 351 g/mol. The van der Waals surface area contributed by atoms with Crippen LogP contribution in [0.2, 0.25) is 0 Å². The lowest BCUT2D eigenvalue weighted by molar-refractivity contribution is 0.102. The number of anilines is 1. The number of amidine groups is 1. The number of carbonyl (C=O) groups excluding carboxylic acids is 1. The van der Waals surface area contributed by atoms with Crippen molar-refractivity contribution in [3.63, 3.8) is 0 Å². The number of thioether (sulfide) groups is 1. The van der Waals surface area contributed by atoms with Crippen molar-refractivity contribution in [2.24, 2.45) is 10.7 Å². The zero-order valence-electron chi connectivity index (χ0n) is 14.2. The van der Waals surface area contributed by atoms with Gasteiger partial charge in [-0.3, -0.25) is 4.79 Å². The van der Waals surface area contributed by atoms with Gasteiger partial charge >= 0.3 is 0 Å². The summed E-state index contributed by atoms with van der Waals surface area (Å²) in [6, 6.07) is 15.2. The van der Waals surface area contributed by atoms with Crippen molar-refractivity contribution in [2.75, 3.05) is 11.1 Å². The second-order valence-electron chi connectivity index (χ2n) is 6.07. The van der Waals surface area contributed by atoms with Crippen LogP contribution in [0.15, 0.2) is 66.2 Å². The zero-order valence-corrected chi connectivity index (χ0v) is 15.0. The van der Waals surface area contributed by atoms with Gasteiger partial charge in [-0.1, -0.05) is 47.7 Å². The molecule has 128 valence electrons. The lowest BCUT2D eigenvalue weighted by atomic mass is 9.87. The molecule has 2 aromatic rings. The number of nitrogens with two attached hydrogens (primary N) is 1. The molecule has 1 unspecified atom stereocenters. The van der Waals surface area contributed by atoms with Crippen LogP contribution >= 0.6 is 11.8 Å². The third-order valence-corrected chi connectivity index (χ3v) is 5.13. The van der Waals surface area contributed by atoms with Gasteiger partial charge in [-0.2, -0.15) is 0 Å². The van der Waals surface area contributed by atoms with Crippen LogP contribution in [0, 0.1) is 6.92 Å². The predicted octanol–water partition coefficient (Wildman–Crippen LogP) is 4.08. The van der Waals surface area contributed by atoms with Crippen LogP contribution < -0.4 is 11.1 Å². The third-order valence-electron chi connectivity index (χ3n) is 4.34. The number of nitrogens with one attached hydrogen (secondary N) is 1. The van der Waals surface area contributed by atoms with Crippen molar-refractivity contribution in [1.82, 2.24) is 0 Å². The fourth-order valence-electron chi connectivity index (χ4n) is 2.82. The van der Waals surface area contributed by atoms with E-state index in [0.717, 1.165) is 29.0 Å². The first kappa shape index (κ1) is 17.3. The van der Waals surface area contributed by atoms with Gasteiger partial charge in [0.15, 0.2) is 5.17 Å². The highest BCUT2D eigenvalue weighted by Gasteiger charge is 2.31. The maximum absolute atomic E-state index is 12.4. The van der Waals surface area contributed by atoms with E-state index in [2.05, 4.69) is 16.9 Å². The number of hydrogen-bond acceptors (Lipinski definition) is 4. The molecular weight excluding hydrogens is 330 g/mol. The Kier molecular flexibility index (Phi) is 4.95. The first-order chi connectivity index (χ1) is 12.0. The summed E-state index contributed by atoms with van der Waals surface area (Å²) >= 11 is 1.56. The van der Waals surface area contributed by atoms with Crippen LogP contribution in [-0.2, 0) is 5.54 Å². The normalized spacial score (nSPS) is 19.8. The van der Waals surface area contributed by atoms with E-state index in [1.54, 1.807) is 11.8 Å². The summed E-state index contributed by atoms with van der Waals surface area (Å²) in [7, 11) is 0. The number of nitrogens with zero attached hydrogens (tertiary/aromatic N) is 1. The van der Waals surface area contributed by atoms with E-state index in [1.165, 1.54) is 0 Å². The zero-order chi connectivity index (χ0) is 17.9. The van der Waals surface area contributed by atoms with Gasteiger partial charge in [0.25, 0.3) is 5.91 Å². The van der Waals surface area contributed by atoms with Crippen LogP contribution in [0.4, 0.5) is 5.69 Å². The van der Waals surface area contributed by atoms with Gasteiger partial charge in [-0.15, -0.1) is 6.58 Å². The van der Waals surface area contributed by atoms with Crippen molar-refractivity contribution < 1.29 is 4.79 Å². The second-order valence-corrected chi connectivity index (χ2v) is 7.19. The van der Waals surface area contributed by atoms with Crippen molar-refractivity contribution in [3.8, 4) is 0 Å². The lowest BCUT2D eigenvalue weighted by Crippen LogP contribution is -2.29. The predicted molar refractivity (Wildman–Crippen MR) is 106 cm³/mol. The molecule has 1 heterocycles. The molecule has 1 aliphatic heterocycles. The van der Waals surface area contributed by atoms with Crippen LogP contribution in [0.1, 0.15) is 27.9 Å². The Morgan fingerprint density at radius 1 is 1.24 bits per heavy atom. The molecule has 0 radical (unpaired) electrons. The molecule has 0 saturated carbocycles. The summed E-state index contributed by atoms with van der Waals surface area (Å²) in [5.74, 6) is 0.766. The summed E-state index contributed by atoms with van der Waals surface area (Å²) in [5, 5.41) is 3.48. The topological polar surface area (TPSA) is 67.5 Å². The molecule has 0 aromatic heterocycles. The van der Waals surface area contributed by atoms with Gasteiger partial charge in [0.1, 0.15) is 5.54 Å². The van der Waals surface area contributed by atoms with E-state index in [0.29, 0.717) is 10.7 Å². The van der Waals surface area contributed by atoms with Crippen molar-refractivity contribution in [1.29, 1.82) is 0 Å². The van der Waals surface area contributed by atoms with Crippen molar-refractivity contribution >= 4 is 28.5 Å². The summed E-state index contributed by atoms with van der Waals surface area (Å²) in [4.78, 5) is 17.0. The van der Waals surface area contributed by atoms with E-state index < -0.39 is 5.54 Å². The second kappa shape index (κ2) is 7.15. The standard InChI is InChI=1S/C20H21N3OS/c1-3-20(12-13-25-19(21)23-20)16-8-6-15(7-9-16)18(24)22-17-10-4-14(2)5-11-17/h3-11H,1,12-13H2,2H3,(H2,21,23)(H,22,24). The highest BCUT2D eigenvalue weighted by molar-refractivity contribution is 8.13. The fraction of sp³-hybridized carbons (Fsp3) is 0.200. The highest BCUT2D eigenvalue weighted by atomic mass is 32.2. The van der Waals surface area contributed by atoms with E-state index in [-0.39, 0.29) is 5.91 Å². The number of amides is 1. The quantitative estimate of drug-likeness (QED) is 0.816. The van der Waals surface area contributed by atoms with Gasteiger partial charge < -0.3 is 11.1 Å². The van der Waals surface area contributed by atoms with Gasteiger partial charge in [-0.25, -0.2) is 4.99 Å². The van der Waals surface area contributed by atoms with E-state index >= 15 is 0 Å². The molecule has 0 saturated heterocycles.